The quantitative estimate of drug-likeness (QED) is 0.311. The first-order chi connectivity index (χ1) is 16.2. The van der Waals surface area contributed by atoms with Gasteiger partial charge in [0.15, 0.2) is 0 Å². The van der Waals surface area contributed by atoms with Crippen LogP contribution in [0.4, 0.5) is 0 Å². The molecule has 0 spiro atoms. The number of unbranched alkanes of at least 4 members (excludes halogenated alkanes) is 2. The van der Waals surface area contributed by atoms with E-state index >= 15 is 0 Å². The number of carbonyl (C=O) groups is 3. The number of nitrogens with two attached hydrogens (primary N) is 1. The van der Waals surface area contributed by atoms with Gasteiger partial charge in [-0.3, -0.25) is 14.4 Å². The summed E-state index contributed by atoms with van der Waals surface area (Å²) in [4.78, 5) is 34.7. The Morgan fingerprint density at radius 3 is 2.03 bits per heavy atom. The van der Waals surface area contributed by atoms with Crippen molar-refractivity contribution in [2.75, 3.05) is 13.2 Å². The van der Waals surface area contributed by atoms with Gasteiger partial charge >= 0.3 is 11.9 Å². The smallest absolute Gasteiger partial charge is 0.302 e. The van der Waals surface area contributed by atoms with E-state index in [0.717, 1.165) is 23.1 Å². The van der Waals surface area contributed by atoms with Crippen LogP contribution < -0.4 is 5.73 Å². The molecule has 0 saturated carbocycles. The van der Waals surface area contributed by atoms with Crippen LogP contribution >= 0.6 is 0 Å². The van der Waals surface area contributed by atoms with Gasteiger partial charge in [-0.25, -0.2) is 0 Å². The summed E-state index contributed by atoms with van der Waals surface area (Å²) in [5.74, 6) is -1.46. The van der Waals surface area contributed by atoms with Crippen molar-refractivity contribution in [3.63, 3.8) is 0 Å². The molecule has 2 aromatic rings. The summed E-state index contributed by atoms with van der Waals surface area (Å²) >= 11 is 0. The molecule has 2 aromatic carbocycles. The molecule has 0 unspecified atom stereocenters. The van der Waals surface area contributed by atoms with Gasteiger partial charge in [0.25, 0.3) is 0 Å². The molecule has 0 heterocycles. The second-order valence-corrected chi connectivity index (χ2v) is 9.06. The van der Waals surface area contributed by atoms with Crippen molar-refractivity contribution in [1.82, 2.24) is 0 Å². The summed E-state index contributed by atoms with van der Waals surface area (Å²) < 4.78 is 10.5. The Morgan fingerprint density at radius 2 is 1.47 bits per heavy atom. The zero-order chi connectivity index (χ0) is 25.0. The summed E-state index contributed by atoms with van der Waals surface area (Å²) in [6, 6.07) is 16.9. The first-order valence-corrected chi connectivity index (χ1v) is 12.0. The minimum atomic E-state index is -0.876. The minimum absolute atomic E-state index is 0.0439. The van der Waals surface area contributed by atoms with Crippen LogP contribution in [0.2, 0.25) is 0 Å². The molecule has 2 N–H and O–H groups in total. The van der Waals surface area contributed by atoms with E-state index in [1.165, 1.54) is 38.7 Å². The monoisotopic (exact) mass is 467 g/mol. The Labute approximate surface area is 202 Å². The lowest BCUT2D eigenvalue weighted by Crippen LogP contribution is -2.38. The lowest BCUT2D eigenvalue weighted by Gasteiger charge is -2.31. The van der Waals surface area contributed by atoms with Gasteiger partial charge in [0.2, 0.25) is 5.91 Å². The van der Waals surface area contributed by atoms with Gasteiger partial charge in [-0.2, -0.15) is 0 Å². The van der Waals surface area contributed by atoms with Gasteiger partial charge in [-0.1, -0.05) is 68.3 Å². The number of rotatable bonds is 14. The van der Waals surface area contributed by atoms with E-state index in [0.29, 0.717) is 12.8 Å². The molecule has 0 aliphatic rings. The SMILES string of the molecule is CCCCCc1ccc(-c2cccc(CCC(COC(C)=O)(COC(C)=O)CC(N)=O)c2)cc1. The molecule has 34 heavy (non-hydrogen) atoms. The number of amides is 1. The number of benzene rings is 2. The lowest BCUT2D eigenvalue weighted by atomic mass is 9.80. The van der Waals surface area contributed by atoms with Crippen molar-refractivity contribution in [2.24, 2.45) is 11.1 Å². The van der Waals surface area contributed by atoms with Gasteiger partial charge in [-0.15, -0.1) is 0 Å². The fourth-order valence-corrected chi connectivity index (χ4v) is 4.01. The van der Waals surface area contributed by atoms with Crippen molar-refractivity contribution in [2.45, 2.75) is 65.7 Å². The molecular formula is C28H37NO5. The van der Waals surface area contributed by atoms with Gasteiger partial charge < -0.3 is 15.2 Å². The average Bonchev–Trinajstić information content (AvgIpc) is 2.80. The molecule has 0 aliphatic carbocycles. The third kappa shape index (κ3) is 9.38. The van der Waals surface area contributed by atoms with Crippen LogP contribution in [-0.4, -0.2) is 31.1 Å². The van der Waals surface area contributed by atoms with E-state index < -0.39 is 23.3 Å². The number of primary amides is 1. The van der Waals surface area contributed by atoms with Crippen LogP contribution in [0.15, 0.2) is 48.5 Å². The van der Waals surface area contributed by atoms with Crippen LogP contribution in [0.3, 0.4) is 0 Å². The number of esters is 2. The van der Waals surface area contributed by atoms with E-state index in [4.69, 9.17) is 15.2 Å². The van der Waals surface area contributed by atoms with Gasteiger partial charge in [-0.05, 0) is 47.9 Å². The van der Waals surface area contributed by atoms with Crippen molar-refractivity contribution in [3.8, 4) is 11.1 Å². The summed E-state index contributed by atoms with van der Waals surface area (Å²) in [6.07, 6.45) is 5.80. The second kappa shape index (κ2) is 13.5. The first kappa shape index (κ1) is 27.1. The number of hydrogen-bond donors (Lipinski definition) is 1. The van der Waals surface area contributed by atoms with Crippen LogP contribution in [-0.2, 0) is 36.7 Å². The maximum atomic E-state index is 11.8. The third-order valence-corrected chi connectivity index (χ3v) is 5.94. The molecule has 184 valence electrons. The topological polar surface area (TPSA) is 95.7 Å². The first-order valence-electron chi connectivity index (χ1n) is 12.0. The van der Waals surface area contributed by atoms with E-state index in [-0.39, 0.29) is 19.6 Å². The standard InChI is InChI=1S/C28H37NO5/c1-4-5-6-8-23-11-13-25(14-12-23)26-10-7-9-24(17-26)15-16-28(18-27(29)32,19-33-21(2)30)20-34-22(3)31/h7,9-14,17H,4-6,8,15-16,18-20H2,1-3H3,(H2,29,32). The maximum Gasteiger partial charge on any atom is 0.302 e. The van der Waals surface area contributed by atoms with Crippen molar-refractivity contribution in [3.05, 3.63) is 59.7 Å². The summed E-state index contributed by atoms with van der Waals surface area (Å²) in [5, 5.41) is 0. The number of hydrogen-bond acceptors (Lipinski definition) is 5. The number of aryl methyl sites for hydroxylation is 2. The molecule has 0 atom stereocenters. The molecule has 0 aromatic heterocycles. The Kier molecular flexibility index (Phi) is 10.8. The van der Waals surface area contributed by atoms with Crippen molar-refractivity contribution >= 4 is 17.8 Å². The number of ether oxygens (including phenoxy) is 2. The Balaban J connectivity index is 2.16. The highest BCUT2D eigenvalue weighted by molar-refractivity contribution is 5.75. The Hall–Kier alpha value is -3.15. The van der Waals surface area contributed by atoms with E-state index in [9.17, 15) is 14.4 Å². The molecule has 2 rings (SSSR count). The third-order valence-electron chi connectivity index (χ3n) is 5.94. The molecule has 1 amide bonds. The van der Waals surface area contributed by atoms with E-state index in [1.54, 1.807) is 0 Å². The summed E-state index contributed by atoms with van der Waals surface area (Å²) in [6.45, 7) is 4.73. The van der Waals surface area contributed by atoms with Crippen LogP contribution in [0.25, 0.3) is 11.1 Å². The fourth-order valence-electron chi connectivity index (χ4n) is 4.01. The fraction of sp³-hybridized carbons (Fsp3) is 0.464. The highest BCUT2D eigenvalue weighted by Crippen LogP contribution is 2.31. The highest BCUT2D eigenvalue weighted by Gasteiger charge is 2.35. The Morgan fingerprint density at radius 1 is 0.824 bits per heavy atom. The van der Waals surface area contributed by atoms with Crippen LogP contribution in [0.5, 0.6) is 0 Å². The summed E-state index contributed by atoms with van der Waals surface area (Å²) in [7, 11) is 0. The molecular weight excluding hydrogens is 430 g/mol. The molecule has 0 aliphatic heterocycles. The highest BCUT2D eigenvalue weighted by atomic mass is 16.5. The molecule has 6 heteroatoms. The predicted molar refractivity (Wildman–Crippen MR) is 133 cm³/mol. The van der Waals surface area contributed by atoms with Gasteiger partial charge in [0.05, 0.1) is 0 Å². The number of carbonyl (C=O) groups excluding carboxylic acids is 3. The van der Waals surface area contributed by atoms with Gasteiger partial charge in [0, 0.05) is 25.7 Å². The predicted octanol–water partition coefficient (Wildman–Crippen LogP) is 5.01. The minimum Gasteiger partial charge on any atom is -0.465 e. The van der Waals surface area contributed by atoms with Crippen LogP contribution in [0.1, 0.15) is 64.0 Å². The zero-order valence-electron chi connectivity index (χ0n) is 20.6. The zero-order valence-corrected chi connectivity index (χ0v) is 20.6. The van der Waals surface area contributed by atoms with E-state index in [1.807, 2.05) is 12.1 Å². The lowest BCUT2D eigenvalue weighted by molar-refractivity contribution is -0.154. The Bertz CT molecular complexity index is 934. The second-order valence-electron chi connectivity index (χ2n) is 9.06. The normalized spacial score (nSPS) is 11.1. The molecule has 6 nitrogen and oxygen atoms in total. The van der Waals surface area contributed by atoms with Crippen LogP contribution in [0, 0.1) is 5.41 Å². The van der Waals surface area contributed by atoms with Gasteiger partial charge in [0.1, 0.15) is 13.2 Å². The maximum absolute atomic E-state index is 11.8. The van der Waals surface area contributed by atoms with Crippen molar-refractivity contribution < 1.29 is 23.9 Å². The average molecular weight is 468 g/mol. The molecule has 0 bridgehead atoms. The summed E-state index contributed by atoms with van der Waals surface area (Å²) in [5.41, 5.74) is 9.29. The van der Waals surface area contributed by atoms with Crippen molar-refractivity contribution in [1.29, 1.82) is 0 Å². The largest absolute Gasteiger partial charge is 0.465 e. The van der Waals surface area contributed by atoms with E-state index in [2.05, 4.69) is 43.3 Å². The molecule has 0 radical (unpaired) electrons. The molecule has 0 fully saturated rings. The molecule has 0 saturated heterocycles.